The van der Waals surface area contributed by atoms with Gasteiger partial charge in [-0.25, -0.2) is 13.8 Å². The molecule has 0 amide bonds. The van der Waals surface area contributed by atoms with Crippen molar-refractivity contribution < 1.29 is 9.13 Å². The van der Waals surface area contributed by atoms with Gasteiger partial charge in [-0.1, -0.05) is 29.8 Å². The van der Waals surface area contributed by atoms with Crippen LogP contribution in [0.25, 0.3) is 27.6 Å². The monoisotopic (exact) mass is 443 g/mol. The molecule has 0 unspecified atom stereocenters. The van der Waals surface area contributed by atoms with Crippen LogP contribution in [0.1, 0.15) is 11.1 Å². The fourth-order valence-electron chi connectivity index (χ4n) is 4.30. The van der Waals surface area contributed by atoms with Crippen LogP contribution in [0, 0.1) is 12.7 Å². The number of benzene rings is 3. The lowest BCUT2D eigenvalue weighted by Crippen LogP contribution is -2.39. The molecule has 2 aromatic heterocycles. The highest BCUT2D eigenvalue weighted by molar-refractivity contribution is 6.06. The van der Waals surface area contributed by atoms with Crippen LogP contribution in [0.5, 0.6) is 5.75 Å². The first-order valence-electron chi connectivity index (χ1n) is 10.5. The van der Waals surface area contributed by atoms with Crippen molar-refractivity contribution in [2.75, 3.05) is 7.11 Å². The van der Waals surface area contributed by atoms with E-state index in [4.69, 9.17) is 4.74 Å². The second-order valence-corrected chi connectivity index (χ2v) is 8.11. The summed E-state index contributed by atoms with van der Waals surface area (Å²) in [5.41, 5.74) is 3.13. The minimum absolute atomic E-state index is 0.179. The second-order valence-electron chi connectivity index (χ2n) is 8.11. The predicted molar refractivity (Wildman–Crippen MR) is 127 cm³/mol. The summed E-state index contributed by atoms with van der Waals surface area (Å²) < 4.78 is 23.5. The van der Waals surface area contributed by atoms with E-state index in [1.165, 1.54) is 16.7 Å². The van der Waals surface area contributed by atoms with Crippen LogP contribution in [-0.2, 0) is 13.6 Å². The van der Waals surface area contributed by atoms with Gasteiger partial charge in [0.05, 0.1) is 30.4 Å². The number of hydrogen-bond acceptors (Lipinski definition) is 3. The molecule has 0 saturated carbocycles. The zero-order valence-electron chi connectivity index (χ0n) is 18.5. The normalized spacial score (nSPS) is 11.4. The predicted octanol–water partition coefficient (Wildman–Crippen LogP) is 4.15. The van der Waals surface area contributed by atoms with Crippen LogP contribution >= 0.6 is 0 Å². The van der Waals surface area contributed by atoms with E-state index in [2.05, 4.69) is 0 Å². The first-order chi connectivity index (χ1) is 15.9. The van der Waals surface area contributed by atoms with Gasteiger partial charge in [0.1, 0.15) is 17.1 Å². The molecule has 0 fully saturated rings. The molecule has 0 N–H and O–H groups in total. The van der Waals surface area contributed by atoms with Gasteiger partial charge in [-0.15, -0.1) is 0 Å². The Morgan fingerprint density at radius 3 is 2.27 bits per heavy atom. The Morgan fingerprint density at radius 2 is 1.61 bits per heavy atom. The summed E-state index contributed by atoms with van der Waals surface area (Å²) in [6.07, 6.45) is 0. The average molecular weight is 443 g/mol. The number of methoxy groups -OCH3 is 1. The summed E-state index contributed by atoms with van der Waals surface area (Å²) in [5, 5.41) is 0.735. The molecule has 0 saturated heterocycles. The van der Waals surface area contributed by atoms with Crippen LogP contribution in [-0.4, -0.2) is 20.8 Å². The van der Waals surface area contributed by atoms with Crippen LogP contribution in [0.15, 0.2) is 76.3 Å². The van der Waals surface area contributed by atoms with Crippen molar-refractivity contribution in [3.8, 4) is 11.4 Å². The SMILES string of the molecule is COc1ccc2c(c1)c1c(c(=O)n(-c3ccc(C)cc3)c(=O)n1Cc1ccc(F)cc1)n2C. The molecule has 6 nitrogen and oxygen atoms in total. The maximum atomic E-state index is 13.8. The Balaban J connectivity index is 1.92. The second kappa shape index (κ2) is 7.78. The molecular formula is C26H22FN3O3. The van der Waals surface area contributed by atoms with Crippen molar-refractivity contribution in [3.05, 3.63) is 105 Å². The van der Waals surface area contributed by atoms with Crippen molar-refractivity contribution >= 4 is 21.9 Å². The molecular weight excluding hydrogens is 421 g/mol. The molecule has 166 valence electrons. The van der Waals surface area contributed by atoms with E-state index in [-0.39, 0.29) is 12.4 Å². The molecule has 0 atom stereocenters. The molecule has 0 bridgehead atoms. The Labute approximate surface area is 188 Å². The Morgan fingerprint density at radius 1 is 0.909 bits per heavy atom. The first kappa shape index (κ1) is 20.8. The largest absolute Gasteiger partial charge is 0.497 e. The Kier molecular flexibility index (Phi) is 4.89. The summed E-state index contributed by atoms with van der Waals surface area (Å²) in [7, 11) is 3.38. The van der Waals surface area contributed by atoms with Gasteiger partial charge in [-0.05, 0) is 55.0 Å². The molecule has 0 radical (unpaired) electrons. The number of fused-ring (bicyclic) bond motifs is 3. The van der Waals surface area contributed by atoms with Crippen LogP contribution < -0.4 is 16.0 Å². The summed E-state index contributed by atoms with van der Waals surface area (Å²) in [6, 6.07) is 18.8. The number of aryl methyl sites for hydroxylation is 2. The van der Waals surface area contributed by atoms with Crippen molar-refractivity contribution in [3.63, 3.8) is 0 Å². The van der Waals surface area contributed by atoms with E-state index < -0.39 is 11.2 Å². The van der Waals surface area contributed by atoms with E-state index in [9.17, 15) is 14.0 Å². The van der Waals surface area contributed by atoms with Gasteiger partial charge < -0.3 is 9.30 Å². The quantitative estimate of drug-likeness (QED) is 0.419. The van der Waals surface area contributed by atoms with E-state index in [1.807, 2.05) is 44.3 Å². The number of nitrogens with zero attached hydrogens (tertiary/aromatic N) is 3. The van der Waals surface area contributed by atoms with E-state index in [0.717, 1.165) is 22.0 Å². The zero-order chi connectivity index (χ0) is 23.3. The fraction of sp³-hybridized carbons (Fsp3) is 0.154. The molecule has 3 aromatic carbocycles. The van der Waals surface area contributed by atoms with Gasteiger partial charge in [-0.2, -0.15) is 0 Å². The van der Waals surface area contributed by atoms with Gasteiger partial charge in [-0.3, -0.25) is 9.36 Å². The minimum Gasteiger partial charge on any atom is -0.497 e. The molecule has 5 aromatic rings. The summed E-state index contributed by atoms with van der Waals surface area (Å²) in [6.45, 7) is 2.12. The average Bonchev–Trinajstić information content (AvgIpc) is 3.11. The van der Waals surface area contributed by atoms with Crippen LogP contribution in [0.4, 0.5) is 4.39 Å². The minimum atomic E-state index is -0.462. The molecule has 7 heteroatoms. The van der Waals surface area contributed by atoms with Crippen molar-refractivity contribution in [2.45, 2.75) is 13.5 Å². The molecule has 0 aliphatic carbocycles. The number of hydrogen-bond donors (Lipinski definition) is 0. The highest BCUT2D eigenvalue weighted by atomic mass is 19.1. The maximum Gasteiger partial charge on any atom is 0.336 e. The molecule has 2 heterocycles. The molecule has 0 aliphatic heterocycles. The Hall–Kier alpha value is -4.13. The van der Waals surface area contributed by atoms with E-state index >= 15 is 0 Å². The van der Waals surface area contributed by atoms with Gasteiger partial charge in [0.25, 0.3) is 5.56 Å². The zero-order valence-corrected chi connectivity index (χ0v) is 18.5. The fourth-order valence-corrected chi connectivity index (χ4v) is 4.30. The lowest BCUT2D eigenvalue weighted by atomic mass is 10.2. The van der Waals surface area contributed by atoms with E-state index in [1.54, 1.807) is 40.5 Å². The number of ether oxygens (including phenoxy) is 1. The molecule has 33 heavy (non-hydrogen) atoms. The van der Waals surface area contributed by atoms with E-state index in [0.29, 0.717) is 22.5 Å². The number of rotatable bonds is 4. The third-order valence-corrected chi connectivity index (χ3v) is 6.02. The third-order valence-electron chi connectivity index (χ3n) is 6.02. The lowest BCUT2D eigenvalue weighted by molar-refractivity contribution is 0.415. The van der Waals surface area contributed by atoms with Gasteiger partial charge in [0.2, 0.25) is 0 Å². The Bertz CT molecular complexity index is 1630. The third kappa shape index (κ3) is 3.33. The first-order valence-corrected chi connectivity index (χ1v) is 10.5. The topological polar surface area (TPSA) is 58.2 Å². The van der Waals surface area contributed by atoms with Crippen LogP contribution in [0.3, 0.4) is 0 Å². The number of aromatic nitrogens is 3. The summed E-state index contributed by atoms with van der Waals surface area (Å²) in [5.74, 6) is 0.272. The van der Waals surface area contributed by atoms with Crippen molar-refractivity contribution in [2.24, 2.45) is 7.05 Å². The molecule has 0 spiro atoms. The summed E-state index contributed by atoms with van der Waals surface area (Å²) in [4.78, 5) is 27.5. The van der Waals surface area contributed by atoms with Crippen molar-refractivity contribution in [1.29, 1.82) is 0 Å². The molecule has 0 aliphatic rings. The smallest absolute Gasteiger partial charge is 0.336 e. The summed E-state index contributed by atoms with van der Waals surface area (Å²) >= 11 is 0. The maximum absolute atomic E-state index is 13.8. The lowest BCUT2D eigenvalue weighted by Gasteiger charge is -2.14. The standard InChI is InChI=1S/C26H22FN3O3/c1-16-4-10-19(11-5-16)30-25(31)24-23(21-14-20(33-3)12-13-22(21)28(24)2)29(26(30)32)15-17-6-8-18(27)9-7-17/h4-14H,15H2,1-3H3. The number of halogens is 1. The van der Waals surface area contributed by atoms with Gasteiger partial charge >= 0.3 is 5.69 Å². The van der Waals surface area contributed by atoms with Crippen molar-refractivity contribution in [1.82, 2.24) is 13.7 Å². The highest BCUT2D eigenvalue weighted by Gasteiger charge is 2.21. The highest BCUT2D eigenvalue weighted by Crippen LogP contribution is 2.29. The molecule has 5 rings (SSSR count). The van der Waals surface area contributed by atoms with Gasteiger partial charge in [0.15, 0.2) is 0 Å². The van der Waals surface area contributed by atoms with Gasteiger partial charge in [0, 0.05) is 12.4 Å². The van der Waals surface area contributed by atoms with Crippen LogP contribution in [0.2, 0.25) is 0 Å².